The molecule has 0 spiro atoms. The number of carbonyl (C=O) groups is 4. The van der Waals surface area contributed by atoms with Crippen LogP contribution in [0.15, 0.2) is 60.7 Å². The first-order chi connectivity index (χ1) is 23.5. The number of piperazine rings is 1. The number of carbonyl (C=O) groups excluding carboxylic acids is 4. The van der Waals surface area contributed by atoms with E-state index in [0.29, 0.717) is 20.9 Å². The molecule has 3 aromatic carbocycles. The zero-order chi connectivity index (χ0) is 34.8. The summed E-state index contributed by atoms with van der Waals surface area (Å²) in [5.74, 6) is -0.565. The average molecular weight is 727 g/mol. The minimum absolute atomic E-state index is 0.0997. The topological polar surface area (TPSA) is 151 Å². The zero-order valence-electron chi connectivity index (χ0n) is 26.6. The molecule has 0 unspecified atom stereocenters. The van der Waals surface area contributed by atoms with Gasteiger partial charge in [-0.05, 0) is 47.0 Å². The number of hydrogen-bond acceptors (Lipinski definition) is 10. The molecule has 2 fully saturated rings. The normalized spacial score (nSPS) is 17.7. The van der Waals surface area contributed by atoms with Crippen molar-refractivity contribution in [3.63, 3.8) is 0 Å². The number of rotatable bonds is 10. The maximum Gasteiger partial charge on any atom is 0.343 e. The van der Waals surface area contributed by atoms with Gasteiger partial charge in [0, 0.05) is 26.6 Å². The first-order valence-corrected chi connectivity index (χ1v) is 16.8. The second kappa shape index (κ2) is 14.5. The number of para-hydroxylation sites is 1. The second-order valence-electron chi connectivity index (χ2n) is 11.6. The number of anilines is 1. The summed E-state index contributed by atoms with van der Waals surface area (Å²) in [5.41, 5.74) is 9.08. The molecule has 2 atom stereocenters. The molecule has 4 amide bonds. The number of methoxy groups -OCH3 is 1. The number of fused-ring (bicyclic) bond motifs is 2. The Morgan fingerprint density at radius 2 is 1.84 bits per heavy atom. The fourth-order valence-electron chi connectivity index (χ4n) is 6.01. The number of halogens is 2. The highest BCUT2D eigenvalue weighted by Crippen LogP contribution is 2.32. The van der Waals surface area contributed by atoms with E-state index >= 15 is 0 Å². The Morgan fingerprint density at radius 3 is 2.57 bits per heavy atom. The van der Waals surface area contributed by atoms with Gasteiger partial charge in [0.25, 0.3) is 0 Å². The van der Waals surface area contributed by atoms with Crippen molar-refractivity contribution in [2.45, 2.75) is 31.7 Å². The van der Waals surface area contributed by atoms with Gasteiger partial charge in [-0.3, -0.25) is 14.6 Å². The molecule has 0 bridgehead atoms. The van der Waals surface area contributed by atoms with Crippen LogP contribution in [-0.4, -0.2) is 94.7 Å². The predicted molar refractivity (Wildman–Crippen MR) is 185 cm³/mol. The molecule has 4 aromatic rings. The third-order valence-electron chi connectivity index (χ3n) is 8.49. The van der Waals surface area contributed by atoms with E-state index < -0.39 is 24.2 Å². The lowest BCUT2D eigenvalue weighted by atomic mass is 9.99. The lowest BCUT2D eigenvalue weighted by molar-refractivity contribution is -0.157. The van der Waals surface area contributed by atoms with Crippen LogP contribution in [0.4, 0.5) is 9.93 Å². The Kier molecular flexibility index (Phi) is 10.1. The van der Waals surface area contributed by atoms with Crippen LogP contribution in [-0.2, 0) is 38.6 Å². The molecule has 16 heteroatoms. The number of aromatic nitrogens is 1. The molecule has 0 aliphatic carbocycles. The van der Waals surface area contributed by atoms with Crippen LogP contribution in [0.25, 0.3) is 10.2 Å². The number of urea groups is 1. The molecule has 0 radical (unpaired) electrons. The van der Waals surface area contributed by atoms with E-state index in [-0.39, 0.29) is 51.0 Å². The average Bonchev–Trinajstić information content (AvgIpc) is 3.64. The highest BCUT2D eigenvalue weighted by Gasteiger charge is 2.51. The fraction of sp³-hybridized carbons (Fsp3) is 0.303. The molecule has 3 heterocycles. The van der Waals surface area contributed by atoms with Gasteiger partial charge in [-0.25, -0.2) is 14.6 Å². The first-order valence-electron chi connectivity index (χ1n) is 15.3. The van der Waals surface area contributed by atoms with Crippen molar-refractivity contribution in [2.75, 3.05) is 39.6 Å². The summed E-state index contributed by atoms with van der Waals surface area (Å²) >= 11 is 13.5. The van der Waals surface area contributed by atoms with Crippen LogP contribution in [0.5, 0.6) is 5.75 Å². The number of nitrogens with one attached hydrogen (secondary N) is 1. The van der Waals surface area contributed by atoms with Gasteiger partial charge >= 0.3 is 12.0 Å². The summed E-state index contributed by atoms with van der Waals surface area (Å²) in [6.45, 7) is 0.232. The third-order valence-corrected chi connectivity index (χ3v) is 10.1. The number of esters is 1. The Morgan fingerprint density at radius 1 is 1.08 bits per heavy atom. The fourth-order valence-corrected chi connectivity index (χ4v) is 7.11. The molecule has 13 nitrogen and oxygen atoms in total. The molecule has 0 saturated carbocycles. The minimum atomic E-state index is -0.856. The summed E-state index contributed by atoms with van der Waals surface area (Å²) in [7, 11) is 2.87. The Labute approximate surface area is 296 Å². The quantitative estimate of drug-likeness (QED) is 0.232. The maximum atomic E-state index is 14.2. The lowest BCUT2D eigenvalue weighted by Gasteiger charge is -2.45. The SMILES string of the molecule is COC(=O)COc1ccc(C[C@H]2C(=O)N(Cc3cccc4sc(N)nc34)C[C@H]3N2C(=O)CN3N(C)C(=O)NCc2ccc(Cl)c(Cl)c2)cc1. The van der Waals surface area contributed by atoms with Crippen LogP contribution in [0.1, 0.15) is 16.7 Å². The van der Waals surface area contributed by atoms with Gasteiger partial charge in [0.15, 0.2) is 11.7 Å². The number of hydrogen-bond donors (Lipinski definition) is 2. The molecule has 2 saturated heterocycles. The minimum Gasteiger partial charge on any atom is -0.482 e. The molecule has 6 rings (SSSR count). The Hall–Kier alpha value is -4.63. The van der Waals surface area contributed by atoms with Crippen molar-refractivity contribution in [1.82, 2.24) is 30.1 Å². The van der Waals surface area contributed by atoms with E-state index in [1.807, 2.05) is 18.2 Å². The standard InChI is InChI=1S/C33H33Cl2N7O6S/c1-39(33(46)37-14-20-8-11-23(34)24(35)12-20)41-17-28(43)42-25(13-19-6-9-22(10-7-19)48-18-29(44)47-2)31(45)40(16-27(41)42)15-21-4-3-5-26-30(21)38-32(36)49-26/h3-12,25,27H,13-18H2,1-2H3,(H2,36,38)(H,37,46)/t25-,27+/m0/s1. The number of ether oxygens (including phenoxy) is 2. The number of nitrogen functional groups attached to an aromatic ring is 1. The van der Waals surface area contributed by atoms with Crippen molar-refractivity contribution in [1.29, 1.82) is 0 Å². The number of hydrazine groups is 1. The summed E-state index contributed by atoms with van der Waals surface area (Å²) in [4.78, 5) is 60.5. The van der Waals surface area contributed by atoms with E-state index in [1.165, 1.54) is 23.5 Å². The highest BCUT2D eigenvalue weighted by molar-refractivity contribution is 7.22. The van der Waals surface area contributed by atoms with Crippen molar-refractivity contribution in [3.8, 4) is 5.75 Å². The van der Waals surface area contributed by atoms with Gasteiger partial charge in [0.1, 0.15) is 18.0 Å². The Balaban J connectivity index is 1.25. The van der Waals surface area contributed by atoms with E-state index in [2.05, 4.69) is 15.0 Å². The van der Waals surface area contributed by atoms with E-state index in [4.69, 9.17) is 33.7 Å². The molecule has 2 aliphatic heterocycles. The first kappa shape index (κ1) is 34.2. The predicted octanol–water partition coefficient (Wildman–Crippen LogP) is 3.92. The van der Waals surface area contributed by atoms with Crippen molar-refractivity contribution < 1.29 is 28.7 Å². The summed E-state index contributed by atoms with van der Waals surface area (Å²) in [5, 5.41) is 7.12. The summed E-state index contributed by atoms with van der Waals surface area (Å²) in [6.07, 6.45) is -0.414. The number of nitrogens with two attached hydrogens (primary N) is 1. The van der Waals surface area contributed by atoms with Crippen LogP contribution in [0.3, 0.4) is 0 Å². The second-order valence-corrected chi connectivity index (χ2v) is 13.5. The van der Waals surface area contributed by atoms with Crippen LogP contribution in [0.2, 0.25) is 10.0 Å². The van der Waals surface area contributed by atoms with E-state index in [9.17, 15) is 19.2 Å². The molecule has 3 N–H and O–H groups in total. The molecule has 2 aliphatic rings. The zero-order valence-corrected chi connectivity index (χ0v) is 28.9. The lowest BCUT2D eigenvalue weighted by Crippen LogP contribution is -2.65. The maximum absolute atomic E-state index is 14.2. The van der Waals surface area contributed by atoms with Crippen molar-refractivity contribution in [2.24, 2.45) is 0 Å². The number of nitrogens with zero attached hydrogens (tertiary/aromatic N) is 5. The van der Waals surface area contributed by atoms with Crippen LogP contribution < -0.4 is 15.8 Å². The molecular weight excluding hydrogens is 693 g/mol. The van der Waals surface area contributed by atoms with E-state index in [0.717, 1.165) is 26.9 Å². The van der Waals surface area contributed by atoms with E-state index in [1.54, 1.807) is 64.3 Å². The third kappa shape index (κ3) is 7.37. The monoisotopic (exact) mass is 725 g/mol. The largest absolute Gasteiger partial charge is 0.482 e. The van der Waals surface area contributed by atoms with Crippen LogP contribution in [0, 0.1) is 0 Å². The number of amides is 4. The highest BCUT2D eigenvalue weighted by atomic mass is 35.5. The van der Waals surface area contributed by atoms with Crippen molar-refractivity contribution in [3.05, 3.63) is 87.4 Å². The molecule has 49 heavy (non-hydrogen) atoms. The summed E-state index contributed by atoms with van der Waals surface area (Å²) < 4.78 is 11.0. The molecule has 256 valence electrons. The van der Waals surface area contributed by atoms with Gasteiger partial charge in [-0.1, -0.05) is 64.9 Å². The van der Waals surface area contributed by atoms with Crippen LogP contribution >= 0.6 is 34.5 Å². The smallest absolute Gasteiger partial charge is 0.343 e. The Bertz CT molecular complexity index is 1910. The summed E-state index contributed by atoms with van der Waals surface area (Å²) in [6, 6.07) is 16.5. The van der Waals surface area contributed by atoms with Gasteiger partial charge in [0.2, 0.25) is 11.8 Å². The van der Waals surface area contributed by atoms with Gasteiger partial charge < -0.3 is 30.3 Å². The molecular formula is C33H33Cl2N7O6S. The molecule has 1 aromatic heterocycles. The van der Waals surface area contributed by atoms with Gasteiger partial charge in [0.05, 0.1) is 40.5 Å². The van der Waals surface area contributed by atoms with Gasteiger partial charge in [-0.15, -0.1) is 0 Å². The van der Waals surface area contributed by atoms with Gasteiger partial charge in [-0.2, -0.15) is 5.01 Å². The number of benzene rings is 3. The number of thiazole rings is 1. The van der Waals surface area contributed by atoms with Crippen molar-refractivity contribution >= 4 is 73.7 Å².